The Kier molecular flexibility index (Phi) is 17.8. The standard InChI is InChI=1S/C31H57NO6S2/c1-4-7-10-12-14-17-21-32(22-18-15-13-11-8-5-2)31(40(33,34)35,19-16-9-6-3)20-23-36-24-28-25-37-29-26-39-27-30(29)38-28/h26-28H,4-25H2,1-3H3,(H,33,34,35). The number of hydrogen-bond donors (Lipinski definition) is 1. The Morgan fingerprint density at radius 3 is 2.00 bits per heavy atom. The molecule has 2 rings (SSSR count). The average molecular weight is 604 g/mol. The molecule has 7 nitrogen and oxygen atoms in total. The fourth-order valence-electron chi connectivity index (χ4n) is 5.59. The molecule has 0 radical (unpaired) electrons. The zero-order valence-electron chi connectivity index (χ0n) is 25.5. The maximum absolute atomic E-state index is 13.3. The number of rotatable bonds is 25. The molecule has 234 valence electrons. The van der Waals surface area contributed by atoms with Gasteiger partial charge in [-0.15, -0.1) is 11.3 Å². The van der Waals surface area contributed by atoms with E-state index in [-0.39, 0.29) is 19.1 Å². The average Bonchev–Trinajstić information content (AvgIpc) is 3.40. The fraction of sp³-hybridized carbons (Fsp3) is 0.871. The summed E-state index contributed by atoms with van der Waals surface area (Å²) in [5.41, 5.74) is 0. The minimum atomic E-state index is -4.36. The van der Waals surface area contributed by atoms with Crippen LogP contribution in [0.25, 0.3) is 0 Å². The lowest BCUT2D eigenvalue weighted by Gasteiger charge is -2.42. The molecule has 0 bridgehead atoms. The minimum Gasteiger partial charge on any atom is -0.485 e. The molecule has 2 atom stereocenters. The van der Waals surface area contributed by atoms with Crippen LogP contribution in [0.3, 0.4) is 0 Å². The molecule has 2 unspecified atom stereocenters. The van der Waals surface area contributed by atoms with Gasteiger partial charge in [-0.05, 0) is 32.4 Å². The highest BCUT2D eigenvalue weighted by atomic mass is 32.2. The summed E-state index contributed by atoms with van der Waals surface area (Å²) in [6.45, 7) is 8.90. The van der Waals surface area contributed by atoms with Crippen LogP contribution in [0.1, 0.15) is 130 Å². The van der Waals surface area contributed by atoms with Crippen molar-refractivity contribution in [2.24, 2.45) is 0 Å². The van der Waals surface area contributed by atoms with Crippen LogP contribution in [0.15, 0.2) is 10.8 Å². The first-order chi connectivity index (χ1) is 19.4. The molecule has 0 saturated heterocycles. The second-order valence-corrected chi connectivity index (χ2v) is 13.8. The van der Waals surface area contributed by atoms with Gasteiger partial charge in [-0.1, -0.05) is 104 Å². The zero-order chi connectivity index (χ0) is 29.1. The summed E-state index contributed by atoms with van der Waals surface area (Å²) in [5, 5.41) is 3.84. The van der Waals surface area contributed by atoms with Gasteiger partial charge in [0.2, 0.25) is 0 Å². The Bertz CT molecular complexity index is 861. The van der Waals surface area contributed by atoms with Gasteiger partial charge in [0.15, 0.2) is 22.5 Å². The Morgan fingerprint density at radius 2 is 1.40 bits per heavy atom. The normalized spacial score (nSPS) is 16.9. The lowest BCUT2D eigenvalue weighted by molar-refractivity contribution is -0.00190. The maximum atomic E-state index is 13.3. The van der Waals surface area contributed by atoms with E-state index in [2.05, 4.69) is 25.7 Å². The highest BCUT2D eigenvalue weighted by molar-refractivity contribution is 7.87. The summed E-state index contributed by atoms with van der Waals surface area (Å²) in [7, 11) is -4.36. The molecule has 0 fully saturated rings. The smallest absolute Gasteiger partial charge is 0.284 e. The van der Waals surface area contributed by atoms with Gasteiger partial charge in [-0.3, -0.25) is 9.45 Å². The number of nitrogens with zero attached hydrogens (tertiary/aromatic N) is 1. The quantitative estimate of drug-likeness (QED) is 0.0886. The zero-order valence-corrected chi connectivity index (χ0v) is 27.2. The van der Waals surface area contributed by atoms with E-state index in [9.17, 15) is 13.0 Å². The summed E-state index contributed by atoms with van der Waals surface area (Å²) in [6, 6.07) is 0. The lowest BCUT2D eigenvalue weighted by atomic mass is 10.0. The molecule has 1 N–H and O–H groups in total. The van der Waals surface area contributed by atoms with Crippen molar-refractivity contribution in [2.45, 2.75) is 141 Å². The van der Waals surface area contributed by atoms with Gasteiger partial charge in [0.25, 0.3) is 10.1 Å². The molecule has 9 heteroatoms. The predicted octanol–water partition coefficient (Wildman–Crippen LogP) is 8.48. The SMILES string of the molecule is CCCCCCCCN(CCCCCCCC)C(CCCCC)(CCOCC1COc2cscc2O1)S(=O)(=O)O. The number of thiophene rings is 1. The van der Waals surface area contributed by atoms with Gasteiger partial charge >= 0.3 is 0 Å². The first-order valence-electron chi connectivity index (χ1n) is 16.0. The summed E-state index contributed by atoms with van der Waals surface area (Å²) >= 11 is 1.54. The second kappa shape index (κ2) is 20.1. The molecular weight excluding hydrogens is 546 g/mol. The summed E-state index contributed by atoms with van der Waals surface area (Å²) in [6.07, 6.45) is 16.9. The molecule has 1 aliphatic rings. The van der Waals surface area contributed by atoms with E-state index >= 15 is 0 Å². The molecule has 2 heterocycles. The van der Waals surface area contributed by atoms with E-state index in [1.165, 1.54) is 62.7 Å². The second-order valence-electron chi connectivity index (χ2n) is 11.4. The molecule has 0 aliphatic carbocycles. The third-order valence-electron chi connectivity index (χ3n) is 8.04. The van der Waals surface area contributed by atoms with Crippen LogP contribution in [-0.2, 0) is 14.9 Å². The topological polar surface area (TPSA) is 85.3 Å². The van der Waals surface area contributed by atoms with Gasteiger partial charge in [0.05, 0.1) is 6.61 Å². The Hall–Kier alpha value is -0.870. The highest BCUT2D eigenvalue weighted by Gasteiger charge is 2.47. The van der Waals surface area contributed by atoms with Crippen LogP contribution in [-0.4, -0.2) is 61.8 Å². The van der Waals surface area contributed by atoms with Crippen molar-refractivity contribution in [1.29, 1.82) is 0 Å². The van der Waals surface area contributed by atoms with Crippen molar-refractivity contribution in [2.75, 3.05) is 32.9 Å². The van der Waals surface area contributed by atoms with Crippen molar-refractivity contribution in [1.82, 2.24) is 4.90 Å². The van der Waals surface area contributed by atoms with Gasteiger partial charge in [-0.25, -0.2) is 0 Å². The first kappa shape index (κ1) is 35.3. The third kappa shape index (κ3) is 12.2. The predicted molar refractivity (Wildman–Crippen MR) is 166 cm³/mol. The van der Waals surface area contributed by atoms with E-state index in [0.717, 1.165) is 56.4 Å². The molecule has 1 aromatic heterocycles. The molecule has 0 amide bonds. The summed E-state index contributed by atoms with van der Waals surface area (Å²) < 4.78 is 55.0. The summed E-state index contributed by atoms with van der Waals surface area (Å²) in [4.78, 5) is 0.790. The van der Waals surface area contributed by atoms with Crippen LogP contribution in [0, 0.1) is 0 Å². The van der Waals surface area contributed by atoms with Gasteiger partial charge in [0.1, 0.15) is 6.61 Å². The minimum absolute atomic E-state index is 0.232. The number of ether oxygens (including phenoxy) is 3. The molecule has 40 heavy (non-hydrogen) atoms. The monoisotopic (exact) mass is 603 g/mol. The van der Waals surface area contributed by atoms with E-state index in [1.54, 1.807) is 0 Å². The molecule has 0 spiro atoms. The van der Waals surface area contributed by atoms with Crippen molar-refractivity contribution >= 4 is 21.5 Å². The largest absolute Gasteiger partial charge is 0.485 e. The van der Waals surface area contributed by atoms with Crippen LogP contribution in [0.5, 0.6) is 11.5 Å². The molecule has 1 aliphatic heterocycles. The molecular formula is C31H57NO6S2. The van der Waals surface area contributed by atoms with E-state index in [0.29, 0.717) is 32.7 Å². The molecule has 0 saturated carbocycles. The van der Waals surface area contributed by atoms with Gasteiger partial charge < -0.3 is 14.2 Å². The van der Waals surface area contributed by atoms with Gasteiger partial charge in [0, 0.05) is 23.8 Å². The Morgan fingerprint density at radius 1 is 0.850 bits per heavy atom. The van der Waals surface area contributed by atoms with Crippen LogP contribution in [0.2, 0.25) is 0 Å². The first-order valence-corrected chi connectivity index (χ1v) is 18.4. The number of fused-ring (bicyclic) bond motifs is 1. The number of hydrogen-bond acceptors (Lipinski definition) is 7. The third-order valence-corrected chi connectivity index (χ3v) is 10.4. The van der Waals surface area contributed by atoms with Crippen LogP contribution < -0.4 is 9.47 Å². The van der Waals surface area contributed by atoms with Gasteiger partial charge in [-0.2, -0.15) is 8.42 Å². The highest BCUT2D eigenvalue weighted by Crippen LogP contribution is 2.36. The van der Waals surface area contributed by atoms with Crippen molar-refractivity contribution in [3.8, 4) is 11.5 Å². The molecule has 1 aromatic rings. The Labute approximate surface area is 249 Å². The van der Waals surface area contributed by atoms with Crippen molar-refractivity contribution in [3.63, 3.8) is 0 Å². The van der Waals surface area contributed by atoms with Crippen molar-refractivity contribution < 1.29 is 27.2 Å². The van der Waals surface area contributed by atoms with Crippen LogP contribution >= 0.6 is 11.3 Å². The van der Waals surface area contributed by atoms with Crippen LogP contribution in [0.4, 0.5) is 0 Å². The fourth-order valence-corrected chi connectivity index (χ4v) is 7.51. The number of unbranched alkanes of at least 4 members (excludes halogenated alkanes) is 12. The van der Waals surface area contributed by atoms with E-state index in [1.807, 2.05) is 10.8 Å². The molecule has 0 aromatic carbocycles. The Balaban J connectivity index is 2.08. The van der Waals surface area contributed by atoms with Crippen molar-refractivity contribution in [3.05, 3.63) is 10.8 Å². The van der Waals surface area contributed by atoms with E-state index < -0.39 is 15.0 Å². The lowest BCUT2D eigenvalue weighted by Crippen LogP contribution is -2.55. The summed E-state index contributed by atoms with van der Waals surface area (Å²) in [5.74, 6) is 1.50. The van der Waals surface area contributed by atoms with E-state index in [4.69, 9.17) is 14.2 Å². The maximum Gasteiger partial charge on any atom is 0.284 e.